The molecule has 2 aromatic rings. The van der Waals surface area contributed by atoms with Gasteiger partial charge in [0.1, 0.15) is 0 Å². The molecule has 0 amide bonds. The van der Waals surface area contributed by atoms with Crippen LogP contribution in [0.2, 0.25) is 0 Å². The lowest BCUT2D eigenvalue weighted by Crippen LogP contribution is -2.21. The van der Waals surface area contributed by atoms with Gasteiger partial charge in [-0.3, -0.25) is 4.40 Å². The van der Waals surface area contributed by atoms with E-state index < -0.39 is 0 Å². The van der Waals surface area contributed by atoms with Gasteiger partial charge in [-0.1, -0.05) is 0 Å². The second-order valence-electron chi connectivity index (χ2n) is 3.87. The minimum absolute atomic E-state index is 0.554. The molecule has 4 heteroatoms. The molecule has 0 unspecified atom stereocenters. The van der Waals surface area contributed by atoms with E-state index in [0.29, 0.717) is 5.95 Å². The van der Waals surface area contributed by atoms with Gasteiger partial charge in [-0.05, 0) is 32.9 Å². The Morgan fingerprint density at radius 2 is 2.06 bits per heavy atom. The quantitative estimate of drug-likeness (QED) is 0.858. The SMILES string of the molecule is CCN(CC)c1ccn2c(N)nc(C)c2c1. The Kier molecular flexibility index (Phi) is 2.73. The van der Waals surface area contributed by atoms with Crippen molar-refractivity contribution < 1.29 is 0 Å². The van der Waals surface area contributed by atoms with Crippen molar-refractivity contribution in [2.24, 2.45) is 0 Å². The maximum Gasteiger partial charge on any atom is 0.205 e. The fraction of sp³-hybridized carbons (Fsp3) is 0.417. The number of pyridine rings is 1. The summed E-state index contributed by atoms with van der Waals surface area (Å²) in [6.07, 6.45) is 1.98. The molecule has 0 saturated heterocycles. The van der Waals surface area contributed by atoms with Gasteiger partial charge in [-0.25, -0.2) is 4.98 Å². The number of anilines is 2. The molecular formula is C12H18N4. The monoisotopic (exact) mass is 218 g/mol. The van der Waals surface area contributed by atoms with E-state index in [9.17, 15) is 0 Å². The first-order valence-electron chi connectivity index (χ1n) is 5.66. The lowest BCUT2D eigenvalue weighted by atomic mass is 10.3. The van der Waals surface area contributed by atoms with Crippen LogP contribution in [0.3, 0.4) is 0 Å². The van der Waals surface area contributed by atoms with Crippen LogP contribution in [0.1, 0.15) is 19.5 Å². The Morgan fingerprint density at radius 3 is 2.69 bits per heavy atom. The van der Waals surface area contributed by atoms with Gasteiger partial charge >= 0.3 is 0 Å². The number of nitrogen functional groups attached to an aromatic ring is 1. The summed E-state index contributed by atoms with van der Waals surface area (Å²) < 4.78 is 1.92. The minimum atomic E-state index is 0.554. The maximum absolute atomic E-state index is 5.81. The molecular weight excluding hydrogens is 200 g/mol. The highest BCUT2D eigenvalue weighted by atomic mass is 15.1. The van der Waals surface area contributed by atoms with E-state index in [-0.39, 0.29) is 0 Å². The zero-order valence-electron chi connectivity index (χ0n) is 10.1. The van der Waals surface area contributed by atoms with Gasteiger partial charge in [0.05, 0.1) is 11.2 Å². The van der Waals surface area contributed by atoms with Crippen LogP contribution in [0, 0.1) is 6.92 Å². The number of hydrogen-bond donors (Lipinski definition) is 1. The van der Waals surface area contributed by atoms with Gasteiger partial charge in [0.15, 0.2) is 0 Å². The summed E-state index contributed by atoms with van der Waals surface area (Å²) >= 11 is 0. The molecule has 0 aromatic carbocycles. The molecule has 2 rings (SSSR count). The van der Waals surface area contributed by atoms with Gasteiger partial charge in [0.25, 0.3) is 0 Å². The van der Waals surface area contributed by atoms with E-state index in [2.05, 4.69) is 35.9 Å². The lowest BCUT2D eigenvalue weighted by molar-refractivity contribution is 0.865. The van der Waals surface area contributed by atoms with Crippen molar-refractivity contribution in [1.29, 1.82) is 0 Å². The molecule has 0 bridgehead atoms. The van der Waals surface area contributed by atoms with E-state index in [4.69, 9.17) is 5.73 Å². The molecule has 0 aliphatic rings. The summed E-state index contributed by atoms with van der Waals surface area (Å²) in [4.78, 5) is 6.57. The highest BCUT2D eigenvalue weighted by molar-refractivity contribution is 5.65. The summed E-state index contributed by atoms with van der Waals surface area (Å²) in [6.45, 7) is 8.32. The number of nitrogens with two attached hydrogens (primary N) is 1. The van der Waals surface area contributed by atoms with Crippen LogP contribution in [0.4, 0.5) is 11.6 Å². The lowest BCUT2D eigenvalue weighted by Gasteiger charge is -2.21. The van der Waals surface area contributed by atoms with Crippen LogP contribution >= 0.6 is 0 Å². The van der Waals surface area contributed by atoms with Crippen LogP contribution in [-0.2, 0) is 0 Å². The van der Waals surface area contributed by atoms with Crippen molar-refractivity contribution in [1.82, 2.24) is 9.38 Å². The zero-order valence-corrected chi connectivity index (χ0v) is 10.1. The van der Waals surface area contributed by atoms with E-state index in [1.165, 1.54) is 5.69 Å². The van der Waals surface area contributed by atoms with Gasteiger partial charge in [0, 0.05) is 25.0 Å². The number of aryl methyl sites for hydroxylation is 1. The van der Waals surface area contributed by atoms with Crippen molar-refractivity contribution in [2.75, 3.05) is 23.7 Å². The van der Waals surface area contributed by atoms with Crippen molar-refractivity contribution in [3.63, 3.8) is 0 Å². The van der Waals surface area contributed by atoms with Gasteiger partial charge < -0.3 is 10.6 Å². The average molecular weight is 218 g/mol. The Bertz CT molecular complexity index is 497. The largest absolute Gasteiger partial charge is 0.372 e. The highest BCUT2D eigenvalue weighted by Crippen LogP contribution is 2.21. The Morgan fingerprint density at radius 1 is 1.38 bits per heavy atom. The molecule has 86 valence electrons. The van der Waals surface area contributed by atoms with Crippen LogP contribution < -0.4 is 10.6 Å². The van der Waals surface area contributed by atoms with Gasteiger partial charge in [-0.2, -0.15) is 0 Å². The van der Waals surface area contributed by atoms with Crippen LogP contribution in [-0.4, -0.2) is 22.5 Å². The fourth-order valence-corrected chi connectivity index (χ4v) is 2.04. The molecule has 2 heterocycles. The average Bonchev–Trinajstić information content (AvgIpc) is 2.57. The van der Waals surface area contributed by atoms with E-state index in [0.717, 1.165) is 24.3 Å². The summed E-state index contributed by atoms with van der Waals surface area (Å²) in [5.41, 5.74) is 9.09. The molecule has 2 N–H and O–H groups in total. The smallest absolute Gasteiger partial charge is 0.205 e. The summed E-state index contributed by atoms with van der Waals surface area (Å²) in [7, 11) is 0. The van der Waals surface area contributed by atoms with Crippen LogP contribution in [0.15, 0.2) is 18.3 Å². The molecule has 4 nitrogen and oxygen atoms in total. The van der Waals surface area contributed by atoms with Crippen molar-refractivity contribution in [3.8, 4) is 0 Å². The predicted molar refractivity (Wildman–Crippen MR) is 67.9 cm³/mol. The minimum Gasteiger partial charge on any atom is -0.372 e. The molecule has 0 radical (unpaired) electrons. The zero-order chi connectivity index (χ0) is 11.7. The van der Waals surface area contributed by atoms with E-state index >= 15 is 0 Å². The topological polar surface area (TPSA) is 46.6 Å². The summed E-state index contributed by atoms with van der Waals surface area (Å²) in [6, 6.07) is 4.23. The van der Waals surface area contributed by atoms with Gasteiger partial charge in [0.2, 0.25) is 5.95 Å². The number of aromatic nitrogens is 2. The van der Waals surface area contributed by atoms with Gasteiger partial charge in [-0.15, -0.1) is 0 Å². The van der Waals surface area contributed by atoms with E-state index in [1.54, 1.807) is 0 Å². The van der Waals surface area contributed by atoms with Crippen molar-refractivity contribution in [2.45, 2.75) is 20.8 Å². The van der Waals surface area contributed by atoms with Crippen molar-refractivity contribution >= 4 is 17.2 Å². The predicted octanol–water partition coefficient (Wildman–Crippen LogP) is 2.07. The molecule has 0 atom stereocenters. The first kappa shape index (κ1) is 10.8. The standard InChI is InChI=1S/C12H18N4/c1-4-15(5-2)10-6-7-16-11(8-10)9(3)14-12(16)13/h6-8H,4-5H2,1-3H3,(H2,13,14). The first-order chi connectivity index (χ1) is 7.67. The Hall–Kier alpha value is -1.71. The number of fused-ring (bicyclic) bond motifs is 1. The second kappa shape index (κ2) is 4.04. The summed E-state index contributed by atoms with van der Waals surface area (Å²) in [5, 5.41) is 0. The first-order valence-corrected chi connectivity index (χ1v) is 5.66. The molecule has 0 spiro atoms. The molecule has 0 fully saturated rings. The second-order valence-corrected chi connectivity index (χ2v) is 3.87. The third-order valence-electron chi connectivity index (χ3n) is 2.97. The molecule has 2 aromatic heterocycles. The highest BCUT2D eigenvalue weighted by Gasteiger charge is 2.07. The maximum atomic E-state index is 5.81. The number of hydrogen-bond acceptors (Lipinski definition) is 3. The van der Waals surface area contributed by atoms with Crippen LogP contribution in [0.5, 0.6) is 0 Å². The molecule has 0 saturated carbocycles. The number of imidazole rings is 1. The summed E-state index contributed by atoms with van der Waals surface area (Å²) in [5.74, 6) is 0.554. The molecule has 0 aliphatic heterocycles. The molecule has 16 heavy (non-hydrogen) atoms. The van der Waals surface area contributed by atoms with Crippen molar-refractivity contribution in [3.05, 3.63) is 24.0 Å². The Labute approximate surface area is 95.7 Å². The fourth-order valence-electron chi connectivity index (χ4n) is 2.04. The normalized spacial score (nSPS) is 10.9. The Balaban J connectivity index is 2.55. The third-order valence-corrected chi connectivity index (χ3v) is 2.97. The third kappa shape index (κ3) is 1.60. The number of nitrogens with zero attached hydrogens (tertiary/aromatic N) is 3. The molecule has 0 aliphatic carbocycles. The van der Waals surface area contributed by atoms with E-state index in [1.807, 2.05) is 17.5 Å². The number of rotatable bonds is 3. The van der Waals surface area contributed by atoms with Crippen LogP contribution in [0.25, 0.3) is 5.52 Å².